The third-order valence-electron chi connectivity index (χ3n) is 5.96. The van der Waals surface area contributed by atoms with Crippen molar-refractivity contribution in [2.24, 2.45) is 0 Å². The monoisotopic (exact) mass is 544 g/mol. The molecule has 194 valence electrons. The van der Waals surface area contributed by atoms with E-state index in [1.54, 1.807) is 54.6 Å². The quantitative estimate of drug-likeness (QED) is 0.167. The van der Waals surface area contributed by atoms with Crippen molar-refractivity contribution in [1.29, 1.82) is 0 Å². The second-order valence-electron chi connectivity index (χ2n) is 8.50. The van der Waals surface area contributed by atoms with Crippen molar-refractivity contribution >= 4 is 40.9 Å². The maximum atomic E-state index is 13.7. The van der Waals surface area contributed by atoms with Crippen LogP contribution in [-0.4, -0.2) is 16.9 Å². The maximum absolute atomic E-state index is 13.7. The lowest BCUT2D eigenvalue weighted by Crippen LogP contribution is -2.54. The zero-order valence-electron chi connectivity index (χ0n) is 20.1. The number of nitrogens with one attached hydrogen (secondary N) is 1. The van der Waals surface area contributed by atoms with Crippen LogP contribution < -0.4 is 15.0 Å². The average Bonchev–Trinajstić information content (AvgIpc) is 2.92. The lowest BCUT2D eigenvalue weighted by Gasteiger charge is -2.29. The van der Waals surface area contributed by atoms with Crippen LogP contribution in [0.2, 0.25) is 0 Å². The van der Waals surface area contributed by atoms with E-state index < -0.39 is 23.6 Å². The van der Waals surface area contributed by atoms with Crippen LogP contribution in [0.3, 0.4) is 0 Å². The second kappa shape index (κ2) is 10.5. The molecule has 1 fully saturated rings. The number of para-hydroxylation sites is 1. The SMILES string of the molecule is O=C1NC(=S)N(c2ccc(Oc3ccccc3)cc2)C(=O)C1=Cc1ccccc1-c1ccccc1C(F)(F)F. The van der Waals surface area contributed by atoms with Crippen molar-refractivity contribution in [2.45, 2.75) is 6.18 Å². The Labute approximate surface area is 227 Å². The average molecular weight is 545 g/mol. The van der Waals surface area contributed by atoms with Gasteiger partial charge in [0, 0.05) is 0 Å². The zero-order valence-corrected chi connectivity index (χ0v) is 20.9. The molecule has 4 aromatic rings. The van der Waals surface area contributed by atoms with Gasteiger partial charge >= 0.3 is 6.18 Å². The highest BCUT2D eigenvalue weighted by atomic mass is 32.1. The third-order valence-corrected chi connectivity index (χ3v) is 6.24. The molecule has 0 radical (unpaired) electrons. The van der Waals surface area contributed by atoms with Crippen molar-refractivity contribution in [3.05, 3.63) is 120 Å². The van der Waals surface area contributed by atoms with E-state index in [1.807, 2.05) is 18.2 Å². The Morgan fingerprint density at radius 3 is 2.03 bits per heavy atom. The standard InChI is InChI=1S/C30H19F3N2O3S/c31-30(32,33)26-13-7-6-12-24(26)23-11-5-4-8-19(23)18-25-27(36)34-29(39)35(28(25)37)20-14-16-22(17-15-20)38-21-9-2-1-3-10-21/h1-18H,(H,34,36,39). The van der Waals surface area contributed by atoms with Gasteiger partial charge in [0.25, 0.3) is 11.8 Å². The molecule has 1 saturated heterocycles. The summed E-state index contributed by atoms with van der Waals surface area (Å²) in [6.45, 7) is 0. The van der Waals surface area contributed by atoms with Crippen molar-refractivity contribution in [3.8, 4) is 22.6 Å². The van der Waals surface area contributed by atoms with Crippen LogP contribution in [0.4, 0.5) is 18.9 Å². The first kappa shape index (κ1) is 25.9. The van der Waals surface area contributed by atoms with Crippen LogP contribution in [-0.2, 0) is 15.8 Å². The number of halogens is 3. The Hall–Kier alpha value is -4.76. The number of ether oxygens (including phenoxy) is 1. The summed E-state index contributed by atoms with van der Waals surface area (Å²) < 4.78 is 46.9. The van der Waals surface area contributed by atoms with Crippen LogP contribution in [0.5, 0.6) is 11.5 Å². The Bertz CT molecular complexity index is 1600. The molecule has 1 heterocycles. The fraction of sp³-hybridized carbons (Fsp3) is 0.0333. The summed E-state index contributed by atoms with van der Waals surface area (Å²) in [7, 11) is 0. The van der Waals surface area contributed by atoms with E-state index in [0.717, 1.165) is 11.0 Å². The Kier molecular flexibility index (Phi) is 7.00. The molecule has 0 aliphatic carbocycles. The van der Waals surface area contributed by atoms with E-state index in [-0.39, 0.29) is 27.4 Å². The Morgan fingerprint density at radius 2 is 1.33 bits per heavy atom. The highest BCUT2D eigenvalue weighted by molar-refractivity contribution is 7.80. The summed E-state index contributed by atoms with van der Waals surface area (Å²) >= 11 is 5.27. The molecule has 2 amide bonds. The van der Waals surface area contributed by atoms with Gasteiger partial charge in [0.05, 0.1) is 11.3 Å². The number of thiocarbonyl (C=S) groups is 1. The number of nitrogens with zero attached hydrogens (tertiary/aromatic N) is 1. The highest BCUT2D eigenvalue weighted by Crippen LogP contribution is 2.38. The number of amides is 2. The normalized spacial score (nSPS) is 14.9. The summed E-state index contributed by atoms with van der Waals surface area (Å²) in [4.78, 5) is 27.5. The van der Waals surface area contributed by atoms with Gasteiger partial charge in [-0.1, -0.05) is 60.7 Å². The molecule has 0 bridgehead atoms. The summed E-state index contributed by atoms with van der Waals surface area (Å²) in [6, 6.07) is 27.1. The number of carbonyl (C=O) groups excluding carboxylic acids is 2. The Balaban J connectivity index is 1.49. The molecule has 0 saturated carbocycles. The van der Waals surface area contributed by atoms with E-state index in [4.69, 9.17) is 17.0 Å². The molecule has 1 N–H and O–H groups in total. The molecule has 4 aromatic carbocycles. The van der Waals surface area contributed by atoms with Crippen LogP contribution in [0, 0.1) is 0 Å². The summed E-state index contributed by atoms with van der Waals surface area (Å²) in [5.74, 6) is -0.293. The van der Waals surface area contributed by atoms with Crippen LogP contribution in [0.15, 0.2) is 109 Å². The number of anilines is 1. The van der Waals surface area contributed by atoms with Gasteiger partial charge in [0.1, 0.15) is 17.1 Å². The molecule has 5 rings (SSSR count). The molecule has 0 atom stereocenters. The van der Waals surface area contributed by atoms with Crippen molar-refractivity contribution in [2.75, 3.05) is 4.90 Å². The van der Waals surface area contributed by atoms with E-state index in [2.05, 4.69) is 5.32 Å². The molecule has 0 aromatic heterocycles. The van der Waals surface area contributed by atoms with Gasteiger partial charge in [-0.3, -0.25) is 19.8 Å². The van der Waals surface area contributed by atoms with Crippen LogP contribution >= 0.6 is 12.2 Å². The lowest BCUT2D eigenvalue weighted by atomic mass is 9.93. The summed E-state index contributed by atoms with van der Waals surface area (Å²) in [6.07, 6.45) is -3.31. The first-order valence-electron chi connectivity index (χ1n) is 11.7. The molecular weight excluding hydrogens is 525 g/mol. The number of hydrogen-bond acceptors (Lipinski definition) is 4. The number of benzene rings is 4. The molecule has 9 heteroatoms. The van der Waals surface area contributed by atoms with Crippen molar-refractivity contribution in [3.63, 3.8) is 0 Å². The minimum Gasteiger partial charge on any atom is -0.457 e. The van der Waals surface area contributed by atoms with Gasteiger partial charge in [-0.2, -0.15) is 13.2 Å². The number of hydrogen-bond donors (Lipinski definition) is 1. The summed E-state index contributed by atoms with van der Waals surface area (Å²) in [5.41, 5.74) is -0.289. The minimum atomic E-state index is -4.59. The Morgan fingerprint density at radius 1 is 0.744 bits per heavy atom. The number of rotatable bonds is 5. The van der Waals surface area contributed by atoms with E-state index in [0.29, 0.717) is 17.2 Å². The van der Waals surface area contributed by atoms with Crippen molar-refractivity contribution in [1.82, 2.24) is 5.32 Å². The fourth-order valence-electron chi connectivity index (χ4n) is 4.17. The first-order chi connectivity index (χ1) is 18.7. The molecule has 0 spiro atoms. The summed E-state index contributed by atoms with van der Waals surface area (Å²) in [5, 5.41) is 2.38. The van der Waals surface area contributed by atoms with Gasteiger partial charge in [0.2, 0.25) is 0 Å². The molecular formula is C30H19F3N2O3S. The smallest absolute Gasteiger partial charge is 0.417 e. The molecule has 1 aliphatic heterocycles. The van der Waals surface area contributed by atoms with E-state index in [1.165, 1.54) is 30.3 Å². The molecule has 0 unspecified atom stereocenters. The fourth-order valence-corrected chi connectivity index (χ4v) is 4.45. The maximum Gasteiger partial charge on any atom is 0.417 e. The second-order valence-corrected chi connectivity index (χ2v) is 8.88. The zero-order chi connectivity index (χ0) is 27.6. The number of alkyl halides is 3. The number of carbonyl (C=O) groups is 2. The van der Waals surface area contributed by atoms with Crippen molar-refractivity contribution < 1.29 is 27.5 Å². The van der Waals surface area contributed by atoms with Gasteiger partial charge in [-0.15, -0.1) is 0 Å². The lowest BCUT2D eigenvalue weighted by molar-refractivity contribution is -0.137. The largest absolute Gasteiger partial charge is 0.457 e. The minimum absolute atomic E-state index is 0.0671. The predicted molar refractivity (Wildman–Crippen MR) is 146 cm³/mol. The first-order valence-corrected chi connectivity index (χ1v) is 12.1. The van der Waals surface area contributed by atoms with Crippen LogP contribution in [0.25, 0.3) is 17.2 Å². The highest BCUT2D eigenvalue weighted by Gasteiger charge is 2.36. The predicted octanol–water partition coefficient (Wildman–Crippen LogP) is 7.00. The van der Waals surface area contributed by atoms with Gasteiger partial charge in [-0.05, 0) is 77.4 Å². The molecule has 5 nitrogen and oxygen atoms in total. The topological polar surface area (TPSA) is 58.6 Å². The van der Waals surface area contributed by atoms with E-state index in [9.17, 15) is 22.8 Å². The molecule has 1 aliphatic rings. The molecule has 39 heavy (non-hydrogen) atoms. The van der Waals surface area contributed by atoms with Crippen LogP contribution in [0.1, 0.15) is 11.1 Å². The van der Waals surface area contributed by atoms with Gasteiger partial charge in [0.15, 0.2) is 5.11 Å². The van der Waals surface area contributed by atoms with Gasteiger partial charge in [-0.25, -0.2) is 0 Å². The van der Waals surface area contributed by atoms with Gasteiger partial charge < -0.3 is 4.74 Å². The third kappa shape index (κ3) is 5.44. The van der Waals surface area contributed by atoms with E-state index >= 15 is 0 Å².